The zero-order valence-corrected chi connectivity index (χ0v) is 44.2. The second-order valence-corrected chi connectivity index (χ2v) is 20.8. The van der Waals surface area contributed by atoms with Crippen molar-refractivity contribution in [1.82, 2.24) is 10.6 Å². The molecule has 77 heavy (non-hydrogen) atoms. The van der Waals surface area contributed by atoms with Crippen molar-refractivity contribution in [2.45, 2.75) is 165 Å². The van der Waals surface area contributed by atoms with Crippen molar-refractivity contribution in [1.29, 1.82) is 0 Å². The first-order chi connectivity index (χ1) is 37.1. The summed E-state index contributed by atoms with van der Waals surface area (Å²) in [6, 6.07) is 19.0. The first kappa shape index (κ1) is 56.5. The highest BCUT2D eigenvalue weighted by Crippen LogP contribution is 2.53. The Morgan fingerprint density at radius 3 is 2.00 bits per heavy atom. The zero-order chi connectivity index (χ0) is 54.8. The summed E-state index contributed by atoms with van der Waals surface area (Å²) in [6.07, 6.45) is 6.14. The Morgan fingerprint density at radius 2 is 1.35 bits per heavy atom. The van der Waals surface area contributed by atoms with Crippen molar-refractivity contribution in [2.24, 2.45) is 0 Å². The minimum Gasteiger partial charge on any atom is -0.507 e. The van der Waals surface area contributed by atoms with Gasteiger partial charge in [0, 0.05) is 54.8 Å². The number of benzene rings is 4. The van der Waals surface area contributed by atoms with Crippen molar-refractivity contribution in [3.05, 3.63) is 111 Å². The van der Waals surface area contributed by atoms with Gasteiger partial charge in [-0.15, -0.1) is 0 Å². The fraction of sp³-hybridized carbons (Fsp3) is 0.500. The summed E-state index contributed by atoms with van der Waals surface area (Å²) < 4.78 is 28.9. The number of ether oxygens (including phenoxy) is 5. The number of Topliss-reactive ketones (excluding diaryl/α,β-unsaturated/α-hetero) is 1. The molecule has 0 aromatic heterocycles. The summed E-state index contributed by atoms with van der Waals surface area (Å²) in [5.41, 5.74) is -0.301. The number of phenols is 2. The second-order valence-electron chi connectivity index (χ2n) is 20.8. The summed E-state index contributed by atoms with van der Waals surface area (Å²) in [7, 11) is 1.31. The molecule has 1 fully saturated rings. The quantitative estimate of drug-likeness (QED) is 0.0182. The molecule has 0 saturated carbocycles. The number of aliphatic hydroxyl groups is 2. The first-order valence-electron chi connectivity index (χ1n) is 27.3. The number of hydrogen-bond donors (Lipinski definition) is 6. The fourth-order valence-corrected chi connectivity index (χ4v) is 11.4. The van der Waals surface area contributed by atoms with Gasteiger partial charge < -0.3 is 54.7 Å². The second kappa shape index (κ2) is 25.7. The number of methoxy groups -OCH3 is 1. The molecule has 17 heteroatoms. The van der Waals surface area contributed by atoms with Gasteiger partial charge in [-0.25, -0.2) is 4.79 Å². The Kier molecular flexibility index (Phi) is 18.8. The van der Waals surface area contributed by atoms with Gasteiger partial charge in [0.2, 0.25) is 17.5 Å². The number of hydrogen-bond acceptors (Lipinski definition) is 15. The van der Waals surface area contributed by atoms with Crippen LogP contribution in [0.1, 0.15) is 183 Å². The molecule has 17 nitrogen and oxygen atoms in total. The Labute approximate surface area is 449 Å². The number of alkyl carbamates (subject to hydrolysis) is 1. The highest BCUT2D eigenvalue weighted by atomic mass is 16.7. The number of carbonyl (C=O) groups excluding carboxylic acids is 6. The highest BCUT2D eigenvalue weighted by Gasteiger charge is 2.51. The molecular formula is C60H72N2O15. The number of aliphatic hydroxyl groups excluding tert-OH is 1. The third kappa shape index (κ3) is 12.7. The molecule has 0 bridgehead atoms. The van der Waals surface area contributed by atoms with E-state index in [9.17, 15) is 49.2 Å². The van der Waals surface area contributed by atoms with Crippen molar-refractivity contribution in [2.75, 3.05) is 26.9 Å². The zero-order valence-electron chi connectivity index (χ0n) is 44.2. The average Bonchev–Trinajstić information content (AvgIpc) is 3.77. The molecule has 0 radical (unpaired) electrons. The smallest absolute Gasteiger partial charge is 0.407 e. The van der Waals surface area contributed by atoms with Crippen LogP contribution in [0.15, 0.2) is 66.7 Å². The van der Waals surface area contributed by atoms with Crippen LogP contribution in [0.4, 0.5) is 4.79 Å². The summed E-state index contributed by atoms with van der Waals surface area (Å²) >= 11 is 0. The lowest BCUT2D eigenvalue weighted by Crippen LogP contribution is -2.56. The topological polar surface area (TPSA) is 254 Å². The van der Waals surface area contributed by atoms with Crippen LogP contribution in [0.25, 0.3) is 11.1 Å². The van der Waals surface area contributed by atoms with Gasteiger partial charge in [-0.1, -0.05) is 138 Å². The Morgan fingerprint density at radius 1 is 0.740 bits per heavy atom. The number of esters is 1. The molecular weight excluding hydrogens is 989 g/mol. The number of unbranched alkanes of at least 4 members (excludes halogenated alkanes) is 11. The van der Waals surface area contributed by atoms with E-state index in [0.717, 1.165) is 47.9 Å². The highest BCUT2D eigenvalue weighted by molar-refractivity contribution is 6.31. The van der Waals surface area contributed by atoms with Crippen LogP contribution < -0.4 is 15.4 Å². The molecule has 4 aromatic carbocycles. The number of fused-ring (bicyclic) bond motifs is 6. The van der Waals surface area contributed by atoms with E-state index in [1.807, 2.05) is 48.5 Å². The number of phenolic OH excluding ortho intramolecular Hbond substituents is 2. The SMILES string of the molecule is CCCCCCCCCCCCCCNC(=O)CCC(=O)OCC(=O)[C@]1(O)Cc2c(O)c3c(c(O)c2[C@@H](O[C@H]2C[C@H](NC(=O)OCC4c5ccccc5-c5ccccc54)[C@H](O)[C@H](C)O2)C1)C(=O)c1c(OC)cccc1C3=O. The van der Waals surface area contributed by atoms with Gasteiger partial charge in [-0.3, -0.25) is 24.0 Å². The minimum absolute atomic E-state index is 0.00499. The lowest BCUT2D eigenvalue weighted by Gasteiger charge is -2.42. The summed E-state index contributed by atoms with van der Waals surface area (Å²) in [5, 5.41) is 53.2. The monoisotopic (exact) mass is 1060 g/mol. The van der Waals surface area contributed by atoms with Gasteiger partial charge in [0.15, 0.2) is 18.7 Å². The lowest BCUT2D eigenvalue weighted by molar-refractivity contribution is -0.249. The van der Waals surface area contributed by atoms with Crippen molar-refractivity contribution in [3.8, 4) is 28.4 Å². The Bertz CT molecular complexity index is 2780. The molecule has 0 spiro atoms. The van der Waals surface area contributed by atoms with Crippen molar-refractivity contribution >= 4 is 35.3 Å². The van der Waals surface area contributed by atoms with E-state index in [1.165, 1.54) is 83.6 Å². The van der Waals surface area contributed by atoms with E-state index in [1.54, 1.807) is 0 Å². The van der Waals surface area contributed by atoms with Gasteiger partial charge in [0.25, 0.3) is 0 Å². The summed E-state index contributed by atoms with van der Waals surface area (Å²) in [4.78, 5) is 81.5. The fourth-order valence-electron chi connectivity index (χ4n) is 11.4. The maximum atomic E-state index is 14.3. The van der Waals surface area contributed by atoms with Crippen LogP contribution in [0, 0.1) is 0 Å². The van der Waals surface area contributed by atoms with E-state index in [2.05, 4.69) is 17.6 Å². The molecule has 6 N–H and O–H groups in total. The van der Waals surface area contributed by atoms with E-state index in [4.69, 9.17) is 23.7 Å². The Hall–Kier alpha value is -6.66. The van der Waals surface area contributed by atoms with E-state index in [-0.39, 0.29) is 65.7 Å². The Balaban J connectivity index is 0.924. The molecule has 4 aliphatic rings. The van der Waals surface area contributed by atoms with E-state index < -0.39 is 108 Å². The van der Waals surface area contributed by atoms with Gasteiger partial charge in [-0.05, 0) is 41.7 Å². The maximum Gasteiger partial charge on any atom is 0.407 e. The predicted molar refractivity (Wildman–Crippen MR) is 283 cm³/mol. The van der Waals surface area contributed by atoms with Gasteiger partial charge >= 0.3 is 12.1 Å². The van der Waals surface area contributed by atoms with Gasteiger partial charge in [0.1, 0.15) is 35.6 Å². The molecule has 4 aromatic rings. The number of nitrogens with one attached hydrogen (secondary N) is 2. The van der Waals surface area contributed by atoms with E-state index >= 15 is 0 Å². The van der Waals surface area contributed by atoms with Crippen molar-refractivity contribution < 1.29 is 72.9 Å². The maximum absolute atomic E-state index is 14.3. The summed E-state index contributed by atoms with van der Waals surface area (Å²) in [5.74, 6) is -5.70. The molecule has 1 aliphatic heterocycles. The van der Waals surface area contributed by atoms with Gasteiger partial charge in [-0.2, -0.15) is 0 Å². The largest absolute Gasteiger partial charge is 0.507 e. The van der Waals surface area contributed by atoms with Crippen LogP contribution in [0.3, 0.4) is 0 Å². The van der Waals surface area contributed by atoms with Crippen LogP contribution >= 0.6 is 0 Å². The molecule has 8 rings (SSSR count). The molecule has 2 amide bonds. The number of rotatable bonds is 25. The molecule has 0 unspecified atom stereocenters. The third-order valence-electron chi connectivity index (χ3n) is 15.5. The van der Waals surface area contributed by atoms with Gasteiger partial charge in [0.05, 0.1) is 48.5 Å². The number of amides is 2. The average molecular weight is 1060 g/mol. The predicted octanol–water partition coefficient (Wildman–Crippen LogP) is 8.73. The molecule has 1 saturated heterocycles. The number of carbonyl (C=O) groups is 6. The number of aromatic hydroxyl groups is 2. The summed E-state index contributed by atoms with van der Waals surface area (Å²) in [6.45, 7) is 3.27. The minimum atomic E-state index is -2.48. The number of ketones is 3. The van der Waals surface area contributed by atoms with Crippen molar-refractivity contribution in [3.63, 3.8) is 0 Å². The van der Waals surface area contributed by atoms with E-state index in [0.29, 0.717) is 6.54 Å². The molecule has 412 valence electrons. The lowest BCUT2D eigenvalue weighted by atomic mass is 9.72. The van der Waals surface area contributed by atoms with Crippen LogP contribution in [-0.2, 0) is 39.8 Å². The third-order valence-corrected chi connectivity index (χ3v) is 15.5. The van der Waals surface area contributed by atoms with Crippen LogP contribution in [0.2, 0.25) is 0 Å². The standard InChI is InChI=1S/C60H72N2O15/c1-4-5-6-7-8-9-10-11-12-13-14-19-29-61-47(64)27-28-48(65)74-34-46(63)60(72)31-41-51(58(70)53-52(56(41)68)55(67)40-25-20-26-44(73-3)50(40)57(53)69)45(32-60)77-49-30-43(54(66)35(2)76-49)62-59(71)75-33-42-38-23-17-15-21-36(38)37-22-16-18-24-39(37)42/h15-18,20-26,35,42-43,45,49,54,66,68,70,72H,4-14,19,27-34H2,1-3H3,(H,61,64)(H,62,71)/t35-,43-,45-,49-,54+,60-/m0/s1. The van der Waals surface area contributed by atoms with Crippen LogP contribution in [-0.4, -0.2) is 113 Å². The molecule has 3 aliphatic carbocycles. The van der Waals surface area contributed by atoms with Crippen LogP contribution in [0.5, 0.6) is 17.2 Å². The molecule has 1 heterocycles. The molecule has 6 atom stereocenters. The first-order valence-corrected chi connectivity index (χ1v) is 27.3. The normalized spacial score (nSPS) is 21.2.